The van der Waals surface area contributed by atoms with E-state index >= 15 is 0 Å². The van der Waals surface area contributed by atoms with E-state index < -0.39 is 6.04 Å². The summed E-state index contributed by atoms with van der Waals surface area (Å²) in [5.41, 5.74) is 0.642. The number of nitrogens with one attached hydrogen (secondary N) is 2. The van der Waals surface area contributed by atoms with Gasteiger partial charge in [0.25, 0.3) is 0 Å². The number of benzene rings is 1. The SMILES string of the molecule is CC(=O)NC(CS)C(=O)Nc1ccc(OC(C)C)cc1. The summed E-state index contributed by atoms with van der Waals surface area (Å²) in [4.78, 5) is 22.9. The average molecular weight is 296 g/mol. The molecule has 5 nitrogen and oxygen atoms in total. The van der Waals surface area contributed by atoms with E-state index in [0.29, 0.717) is 5.69 Å². The maximum absolute atomic E-state index is 11.9. The number of ether oxygens (including phenoxy) is 1. The molecule has 0 spiro atoms. The van der Waals surface area contributed by atoms with Gasteiger partial charge in [-0.2, -0.15) is 12.6 Å². The number of carbonyl (C=O) groups is 2. The Morgan fingerprint density at radius 2 is 1.85 bits per heavy atom. The Morgan fingerprint density at radius 1 is 1.25 bits per heavy atom. The zero-order chi connectivity index (χ0) is 15.1. The normalized spacial score (nSPS) is 11.8. The van der Waals surface area contributed by atoms with Crippen LogP contribution in [0.15, 0.2) is 24.3 Å². The van der Waals surface area contributed by atoms with Gasteiger partial charge in [-0.3, -0.25) is 9.59 Å². The maximum Gasteiger partial charge on any atom is 0.247 e. The van der Waals surface area contributed by atoms with E-state index in [1.807, 2.05) is 13.8 Å². The minimum Gasteiger partial charge on any atom is -0.491 e. The summed E-state index contributed by atoms with van der Waals surface area (Å²) in [6.45, 7) is 5.25. The van der Waals surface area contributed by atoms with Gasteiger partial charge in [-0.1, -0.05) is 0 Å². The van der Waals surface area contributed by atoms with Crippen LogP contribution in [-0.2, 0) is 9.59 Å². The highest BCUT2D eigenvalue weighted by Gasteiger charge is 2.17. The molecular weight excluding hydrogens is 276 g/mol. The molecule has 0 aliphatic rings. The van der Waals surface area contributed by atoms with Crippen molar-refractivity contribution in [3.63, 3.8) is 0 Å². The number of hydrogen-bond donors (Lipinski definition) is 3. The molecule has 0 saturated heterocycles. The van der Waals surface area contributed by atoms with Crippen molar-refractivity contribution in [2.24, 2.45) is 0 Å². The quantitative estimate of drug-likeness (QED) is 0.702. The molecule has 1 atom stereocenters. The molecule has 0 aliphatic heterocycles. The molecule has 110 valence electrons. The van der Waals surface area contributed by atoms with Crippen LogP contribution in [0.25, 0.3) is 0 Å². The van der Waals surface area contributed by atoms with Crippen molar-refractivity contribution in [2.45, 2.75) is 32.9 Å². The molecule has 20 heavy (non-hydrogen) atoms. The summed E-state index contributed by atoms with van der Waals surface area (Å²) in [6.07, 6.45) is 0.101. The zero-order valence-corrected chi connectivity index (χ0v) is 12.7. The fourth-order valence-corrected chi connectivity index (χ4v) is 1.81. The second kappa shape index (κ2) is 7.79. The van der Waals surface area contributed by atoms with Crippen molar-refractivity contribution in [2.75, 3.05) is 11.1 Å². The van der Waals surface area contributed by atoms with Crippen LogP contribution in [-0.4, -0.2) is 29.7 Å². The lowest BCUT2D eigenvalue weighted by Crippen LogP contribution is -2.44. The molecule has 1 aromatic carbocycles. The van der Waals surface area contributed by atoms with Crippen LogP contribution >= 0.6 is 12.6 Å². The molecule has 0 heterocycles. The monoisotopic (exact) mass is 296 g/mol. The first-order valence-corrected chi connectivity index (χ1v) is 7.01. The largest absolute Gasteiger partial charge is 0.491 e. The predicted molar refractivity (Wildman–Crippen MR) is 82.3 cm³/mol. The lowest BCUT2D eigenvalue weighted by atomic mass is 10.2. The first kappa shape index (κ1) is 16.4. The van der Waals surface area contributed by atoms with Crippen LogP contribution in [0.2, 0.25) is 0 Å². The van der Waals surface area contributed by atoms with Crippen molar-refractivity contribution in [1.29, 1.82) is 0 Å². The lowest BCUT2D eigenvalue weighted by molar-refractivity contribution is -0.124. The van der Waals surface area contributed by atoms with Gasteiger partial charge in [-0.15, -0.1) is 0 Å². The highest BCUT2D eigenvalue weighted by Crippen LogP contribution is 2.17. The molecule has 0 fully saturated rings. The first-order chi connectivity index (χ1) is 9.42. The number of rotatable bonds is 6. The van der Waals surface area contributed by atoms with E-state index in [0.717, 1.165) is 5.75 Å². The molecule has 0 radical (unpaired) electrons. The van der Waals surface area contributed by atoms with Gasteiger partial charge in [0.2, 0.25) is 11.8 Å². The van der Waals surface area contributed by atoms with E-state index in [1.54, 1.807) is 24.3 Å². The van der Waals surface area contributed by atoms with Crippen LogP contribution in [0.4, 0.5) is 5.69 Å². The minimum absolute atomic E-state index is 0.101. The van der Waals surface area contributed by atoms with Gasteiger partial charge in [0.15, 0.2) is 0 Å². The summed E-state index contributed by atoms with van der Waals surface area (Å²) >= 11 is 4.05. The van der Waals surface area contributed by atoms with Gasteiger partial charge in [0.1, 0.15) is 11.8 Å². The van der Waals surface area contributed by atoms with Gasteiger partial charge in [0, 0.05) is 18.4 Å². The predicted octanol–water partition coefficient (Wildman–Crippen LogP) is 1.85. The third-order valence-corrected chi connectivity index (χ3v) is 2.74. The second-order valence-electron chi connectivity index (χ2n) is 4.62. The van der Waals surface area contributed by atoms with Gasteiger partial charge in [-0.25, -0.2) is 0 Å². The standard InChI is InChI=1S/C14H20N2O3S/c1-9(2)19-12-6-4-11(5-7-12)16-14(18)13(8-20)15-10(3)17/h4-7,9,13,20H,8H2,1-3H3,(H,15,17)(H,16,18). The van der Waals surface area contributed by atoms with Gasteiger partial charge in [-0.05, 0) is 38.1 Å². The Kier molecular flexibility index (Phi) is 6.38. The number of amides is 2. The van der Waals surface area contributed by atoms with Gasteiger partial charge in [0.05, 0.1) is 6.10 Å². The molecule has 0 aliphatic carbocycles. The second-order valence-corrected chi connectivity index (χ2v) is 4.98. The summed E-state index contributed by atoms with van der Waals surface area (Å²) < 4.78 is 5.51. The van der Waals surface area contributed by atoms with Crippen LogP contribution in [0.3, 0.4) is 0 Å². The van der Waals surface area contributed by atoms with E-state index in [1.165, 1.54) is 6.92 Å². The maximum atomic E-state index is 11.9. The number of hydrogen-bond acceptors (Lipinski definition) is 4. The first-order valence-electron chi connectivity index (χ1n) is 6.38. The Hall–Kier alpha value is -1.69. The minimum atomic E-state index is -0.651. The third-order valence-electron chi connectivity index (χ3n) is 2.37. The van der Waals surface area contributed by atoms with Crippen molar-refractivity contribution >= 4 is 30.1 Å². The molecule has 2 N–H and O–H groups in total. The van der Waals surface area contributed by atoms with E-state index in [9.17, 15) is 9.59 Å². The molecule has 0 bridgehead atoms. The molecular formula is C14H20N2O3S. The molecule has 2 amide bonds. The fraction of sp³-hybridized carbons (Fsp3) is 0.429. The highest BCUT2D eigenvalue weighted by molar-refractivity contribution is 7.80. The number of thiol groups is 1. The summed E-state index contributed by atoms with van der Waals surface area (Å²) in [6, 6.07) is 6.41. The Balaban J connectivity index is 2.63. The third kappa shape index (κ3) is 5.52. The van der Waals surface area contributed by atoms with Gasteiger partial charge >= 0.3 is 0 Å². The van der Waals surface area contributed by atoms with Crippen LogP contribution in [0.5, 0.6) is 5.75 Å². The molecule has 1 aromatic rings. The molecule has 0 aromatic heterocycles. The number of anilines is 1. The van der Waals surface area contributed by atoms with Gasteiger partial charge < -0.3 is 15.4 Å². The van der Waals surface area contributed by atoms with Crippen molar-refractivity contribution < 1.29 is 14.3 Å². The van der Waals surface area contributed by atoms with Crippen molar-refractivity contribution in [1.82, 2.24) is 5.32 Å². The molecule has 1 unspecified atom stereocenters. The zero-order valence-electron chi connectivity index (χ0n) is 11.8. The average Bonchev–Trinajstić information content (AvgIpc) is 2.37. The van der Waals surface area contributed by atoms with Crippen molar-refractivity contribution in [3.8, 4) is 5.75 Å². The topological polar surface area (TPSA) is 67.4 Å². The fourth-order valence-electron chi connectivity index (χ4n) is 1.56. The Bertz CT molecular complexity index is 460. The molecule has 6 heteroatoms. The highest BCUT2D eigenvalue weighted by atomic mass is 32.1. The molecule has 0 saturated carbocycles. The van der Waals surface area contributed by atoms with Crippen LogP contribution in [0.1, 0.15) is 20.8 Å². The summed E-state index contributed by atoms with van der Waals surface area (Å²) in [5, 5.41) is 5.26. The van der Waals surface area contributed by atoms with Crippen LogP contribution in [0, 0.1) is 0 Å². The smallest absolute Gasteiger partial charge is 0.247 e. The summed E-state index contributed by atoms with van der Waals surface area (Å²) in [5.74, 6) is 0.415. The summed E-state index contributed by atoms with van der Waals surface area (Å²) in [7, 11) is 0. The molecule has 1 rings (SSSR count). The van der Waals surface area contributed by atoms with Crippen molar-refractivity contribution in [3.05, 3.63) is 24.3 Å². The van der Waals surface area contributed by atoms with E-state index in [-0.39, 0.29) is 23.7 Å². The van der Waals surface area contributed by atoms with Crippen LogP contribution < -0.4 is 15.4 Å². The lowest BCUT2D eigenvalue weighted by Gasteiger charge is -2.15. The Morgan fingerprint density at radius 3 is 2.30 bits per heavy atom. The number of carbonyl (C=O) groups excluding carboxylic acids is 2. The Labute approximate surface area is 124 Å². The van der Waals surface area contributed by atoms with E-state index in [4.69, 9.17) is 4.74 Å². The van der Waals surface area contributed by atoms with E-state index in [2.05, 4.69) is 23.3 Å².